The maximum atomic E-state index is 6.07. The smallest absolute Gasteiger partial charge is 0.209 e. The Kier molecular flexibility index (Phi) is 33.2. The molecule has 0 fully saturated rings. The third kappa shape index (κ3) is 24.0. The van der Waals surface area contributed by atoms with Gasteiger partial charge in [-0.1, -0.05) is 75.4 Å². The number of methoxy groups -OCH3 is 1. The van der Waals surface area contributed by atoms with Crippen molar-refractivity contribution in [2.75, 3.05) is 203 Å². The van der Waals surface area contributed by atoms with Gasteiger partial charge in [0.1, 0.15) is 6.61 Å². The van der Waals surface area contributed by atoms with Gasteiger partial charge in [0.2, 0.25) is 5.69 Å². The van der Waals surface area contributed by atoms with Crippen molar-refractivity contribution in [3.05, 3.63) is 95.7 Å². The topological polar surface area (TPSA) is 135 Å². The predicted octanol–water partition coefficient (Wildman–Crippen LogP) is 7.13. The number of nitrogens with zero attached hydrogens (tertiary/aromatic N) is 2. The van der Waals surface area contributed by atoms with Crippen molar-refractivity contribution >= 4 is 17.1 Å². The molecule has 0 spiro atoms. The number of hydrogen-bond acceptors (Lipinski definition) is 15. The minimum Gasteiger partial charge on any atom is -0.382 e. The molecule has 2 aromatic carbocycles. The molecule has 2 aliphatic heterocycles. The summed E-state index contributed by atoms with van der Waals surface area (Å²) in [7, 11) is 1.65. The fraction of sp³-hybridized carbons (Fsp3) is 0.667. The van der Waals surface area contributed by atoms with E-state index in [1.165, 1.54) is 33.9 Å². The number of benzene rings is 2. The molecule has 2 aromatic rings. The normalized spacial score (nSPS) is 15.5. The number of allylic oxidation sites excluding steroid dienone is 6. The number of hydrogen-bond donors (Lipinski definition) is 0. The van der Waals surface area contributed by atoms with Crippen LogP contribution in [-0.2, 0) is 77.1 Å². The average molecular weight is 1030 g/mol. The van der Waals surface area contributed by atoms with E-state index in [4.69, 9.17) is 66.3 Å². The summed E-state index contributed by atoms with van der Waals surface area (Å²) >= 11 is 0. The molecule has 0 saturated heterocycles. The van der Waals surface area contributed by atoms with E-state index in [2.05, 4.69) is 123 Å². The van der Waals surface area contributed by atoms with Crippen molar-refractivity contribution in [2.24, 2.45) is 0 Å². The second kappa shape index (κ2) is 39.0. The molecular weight excluding hydrogens is 937 g/mol. The summed E-state index contributed by atoms with van der Waals surface area (Å²) in [5, 5.41) is 0. The van der Waals surface area contributed by atoms with Crippen molar-refractivity contribution in [3.8, 4) is 0 Å². The number of fused-ring (bicyclic) bond motifs is 2. The molecule has 0 aromatic heterocycles. The first kappa shape index (κ1) is 62.1. The number of rotatable bonds is 47. The number of anilines is 1. The highest BCUT2D eigenvalue weighted by Crippen LogP contribution is 2.47. The highest BCUT2D eigenvalue weighted by molar-refractivity contribution is 6.03. The molecule has 0 N–H and O–H groups in total. The highest BCUT2D eigenvalue weighted by Gasteiger charge is 2.44. The molecule has 0 radical (unpaired) electrons. The molecule has 73 heavy (non-hydrogen) atoms. The Morgan fingerprint density at radius 2 is 0.822 bits per heavy atom. The zero-order chi connectivity index (χ0) is 51.9. The Morgan fingerprint density at radius 3 is 1.29 bits per heavy atom. The molecule has 0 aliphatic carbocycles. The Hall–Kier alpha value is -3.43. The Labute approximate surface area is 437 Å². The minimum atomic E-state index is -0.169. The van der Waals surface area contributed by atoms with Gasteiger partial charge < -0.3 is 71.2 Å². The van der Waals surface area contributed by atoms with Crippen LogP contribution in [0.3, 0.4) is 0 Å². The number of para-hydroxylation sites is 2. The van der Waals surface area contributed by atoms with E-state index in [1.807, 2.05) is 0 Å². The second-order valence-electron chi connectivity index (χ2n) is 18.2. The summed E-state index contributed by atoms with van der Waals surface area (Å²) < 4.78 is 80.5. The van der Waals surface area contributed by atoms with Crippen molar-refractivity contribution in [3.63, 3.8) is 0 Å². The largest absolute Gasteiger partial charge is 0.382 e. The van der Waals surface area contributed by atoms with Crippen LogP contribution in [0.4, 0.5) is 11.4 Å². The molecule has 16 heteroatoms. The average Bonchev–Trinajstić information content (AvgIpc) is 3.74. The van der Waals surface area contributed by atoms with Gasteiger partial charge in [-0.3, -0.25) is 0 Å². The van der Waals surface area contributed by atoms with Gasteiger partial charge in [0, 0.05) is 54.8 Å². The van der Waals surface area contributed by atoms with E-state index in [1.54, 1.807) is 7.11 Å². The van der Waals surface area contributed by atoms with Crippen LogP contribution in [0, 0.1) is 0 Å². The Balaban J connectivity index is 1.10. The molecule has 0 saturated carbocycles. The molecular formula is C57H91N2O14+. The zero-order valence-corrected chi connectivity index (χ0v) is 45.3. The molecule has 0 unspecified atom stereocenters. The van der Waals surface area contributed by atoms with Gasteiger partial charge >= 0.3 is 0 Å². The van der Waals surface area contributed by atoms with Crippen LogP contribution in [0.15, 0.2) is 84.6 Å². The van der Waals surface area contributed by atoms with Crippen LogP contribution in [0.2, 0.25) is 0 Å². The maximum Gasteiger partial charge on any atom is 0.209 e. The molecule has 0 amide bonds. The van der Waals surface area contributed by atoms with Gasteiger partial charge in [0.25, 0.3) is 0 Å². The fourth-order valence-electron chi connectivity index (χ4n) is 8.34. The van der Waals surface area contributed by atoms with Crippen LogP contribution in [0.25, 0.3) is 0 Å². The van der Waals surface area contributed by atoms with E-state index in [0.717, 1.165) is 26.1 Å². The third-order valence-electron chi connectivity index (χ3n) is 12.1. The fourth-order valence-corrected chi connectivity index (χ4v) is 8.34. The molecule has 2 aliphatic rings. The molecule has 2 heterocycles. The minimum absolute atomic E-state index is 0.163. The van der Waals surface area contributed by atoms with Gasteiger partial charge in [0.15, 0.2) is 12.3 Å². The summed E-state index contributed by atoms with van der Waals surface area (Å²) in [5.74, 6) is 0. The lowest BCUT2D eigenvalue weighted by Crippen LogP contribution is -2.29. The predicted molar refractivity (Wildman–Crippen MR) is 285 cm³/mol. The van der Waals surface area contributed by atoms with Crippen LogP contribution in [0.5, 0.6) is 0 Å². The van der Waals surface area contributed by atoms with E-state index in [0.29, 0.717) is 172 Å². The number of ether oxygens (including phenoxy) is 14. The van der Waals surface area contributed by atoms with Crippen molar-refractivity contribution in [2.45, 2.75) is 51.9 Å². The molecule has 16 nitrogen and oxygen atoms in total. The van der Waals surface area contributed by atoms with E-state index >= 15 is 0 Å². The van der Waals surface area contributed by atoms with E-state index in [-0.39, 0.29) is 10.8 Å². The molecule has 412 valence electrons. The van der Waals surface area contributed by atoms with Crippen LogP contribution in [-0.4, -0.2) is 209 Å². The van der Waals surface area contributed by atoms with Gasteiger partial charge in [-0.05, 0) is 38.0 Å². The highest BCUT2D eigenvalue weighted by atomic mass is 16.6. The van der Waals surface area contributed by atoms with Gasteiger partial charge in [0.05, 0.1) is 171 Å². The first-order valence-electron chi connectivity index (χ1n) is 26.5. The van der Waals surface area contributed by atoms with Crippen LogP contribution >= 0.6 is 0 Å². The lowest BCUT2D eigenvalue weighted by Gasteiger charge is -2.27. The lowest BCUT2D eigenvalue weighted by molar-refractivity contribution is -0.442. The first-order valence-corrected chi connectivity index (χ1v) is 26.5. The van der Waals surface area contributed by atoms with Crippen molar-refractivity contribution in [1.29, 1.82) is 0 Å². The summed E-state index contributed by atoms with van der Waals surface area (Å²) in [6, 6.07) is 17.3. The van der Waals surface area contributed by atoms with Crippen LogP contribution < -0.4 is 4.90 Å². The summed E-state index contributed by atoms with van der Waals surface area (Å²) in [6.45, 7) is 27.4. The van der Waals surface area contributed by atoms with Crippen molar-refractivity contribution in [1.82, 2.24) is 0 Å². The molecule has 0 atom stereocenters. The SMILES string of the molecule is CCCOCCOCCOCCOCCOCCN1/C(=C/C=C\C=C/C2=[N+](CCOCCOCCOCCOCCOCCOCCOCCOCCOC)c3ccccc3C2(C)C)C(C)(C)c2ccccc21. The van der Waals surface area contributed by atoms with E-state index < -0.39 is 0 Å². The summed E-state index contributed by atoms with van der Waals surface area (Å²) in [6.07, 6.45) is 11.9. The van der Waals surface area contributed by atoms with Gasteiger partial charge in [-0.25, -0.2) is 0 Å². The molecule has 0 bridgehead atoms. The van der Waals surface area contributed by atoms with Gasteiger partial charge in [-0.2, -0.15) is 4.58 Å². The quantitative estimate of drug-likeness (QED) is 0.0378. The lowest BCUT2D eigenvalue weighted by atomic mass is 9.81. The molecule has 4 rings (SSSR count). The van der Waals surface area contributed by atoms with Crippen LogP contribution in [0.1, 0.15) is 52.2 Å². The Morgan fingerprint density at radius 1 is 0.425 bits per heavy atom. The zero-order valence-electron chi connectivity index (χ0n) is 45.3. The monoisotopic (exact) mass is 1030 g/mol. The standard InChI is InChI=1S/C57H91N2O14/c1-7-23-61-28-31-65-36-39-69-40-37-66-32-29-62-24-21-58-52-17-13-11-15-50(52)56(2,3)54(58)19-9-8-10-20-55-57(4,5)51-16-12-14-18-53(51)59(55)22-25-63-30-33-67-38-41-70-44-45-72-48-49-73-47-46-71-43-42-68-35-34-64-27-26-60-6/h8-20H,7,21-49H2,1-6H3/q+1. The second-order valence-corrected chi connectivity index (χ2v) is 18.2. The Bertz CT molecular complexity index is 1850. The maximum absolute atomic E-state index is 6.07. The van der Waals surface area contributed by atoms with Gasteiger partial charge in [-0.15, -0.1) is 0 Å². The first-order chi connectivity index (χ1) is 35.8. The van der Waals surface area contributed by atoms with E-state index in [9.17, 15) is 0 Å². The summed E-state index contributed by atoms with van der Waals surface area (Å²) in [4.78, 5) is 2.39. The van der Waals surface area contributed by atoms with Crippen molar-refractivity contribution < 1.29 is 70.9 Å². The third-order valence-corrected chi connectivity index (χ3v) is 12.1. The summed E-state index contributed by atoms with van der Waals surface area (Å²) in [5.41, 5.74) is 7.20.